The first kappa shape index (κ1) is 18.2. The molecule has 1 atom stereocenters. The zero-order valence-electron chi connectivity index (χ0n) is 15.3. The van der Waals surface area contributed by atoms with Crippen molar-refractivity contribution in [3.05, 3.63) is 41.5 Å². The number of nitrogens with zero attached hydrogens (tertiary/aromatic N) is 2. The summed E-state index contributed by atoms with van der Waals surface area (Å²) in [6.45, 7) is 7.80. The van der Waals surface area contributed by atoms with Gasteiger partial charge in [0, 0.05) is 25.6 Å². The van der Waals surface area contributed by atoms with Gasteiger partial charge in [0.05, 0.1) is 18.9 Å². The fraction of sp³-hybridized carbons (Fsp3) is 0.571. The largest absolute Gasteiger partial charge is 0.396 e. The van der Waals surface area contributed by atoms with Gasteiger partial charge in [-0.05, 0) is 42.9 Å². The van der Waals surface area contributed by atoms with Crippen LogP contribution >= 0.6 is 0 Å². The molecule has 0 unspecified atom stereocenters. The Kier molecular flexibility index (Phi) is 7.07. The molecule has 1 saturated heterocycles. The van der Waals surface area contributed by atoms with Gasteiger partial charge in [0.1, 0.15) is 6.61 Å². The van der Waals surface area contributed by atoms with Crippen molar-refractivity contribution in [1.82, 2.24) is 4.90 Å². The Balaban J connectivity index is 1.53. The van der Waals surface area contributed by atoms with E-state index in [9.17, 15) is 0 Å². The Labute approximate surface area is 151 Å². The lowest BCUT2D eigenvalue weighted by Crippen LogP contribution is -2.37. The van der Waals surface area contributed by atoms with Gasteiger partial charge in [-0.15, -0.1) is 0 Å². The van der Waals surface area contributed by atoms with Crippen LogP contribution in [0.2, 0.25) is 0 Å². The summed E-state index contributed by atoms with van der Waals surface area (Å²) in [5, 5.41) is 4.53. The van der Waals surface area contributed by atoms with Crippen molar-refractivity contribution >= 4 is 11.8 Å². The first-order valence-corrected chi connectivity index (χ1v) is 9.59. The van der Waals surface area contributed by atoms with Crippen LogP contribution in [0.4, 0.5) is 0 Å². The molecule has 2 fully saturated rings. The van der Waals surface area contributed by atoms with E-state index >= 15 is 0 Å². The van der Waals surface area contributed by atoms with Crippen molar-refractivity contribution in [2.45, 2.75) is 32.6 Å². The van der Waals surface area contributed by atoms with Crippen LogP contribution in [0.5, 0.6) is 0 Å². The second-order valence-corrected chi connectivity index (χ2v) is 6.99. The summed E-state index contributed by atoms with van der Waals surface area (Å²) in [6, 6.07) is 10.5. The number of morpholine rings is 1. The molecular formula is C21H30N2O2. The van der Waals surface area contributed by atoms with Crippen LogP contribution in [0, 0.1) is 5.92 Å². The van der Waals surface area contributed by atoms with Gasteiger partial charge in [-0.2, -0.15) is 0 Å². The molecule has 1 aliphatic heterocycles. The summed E-state index contributed by atoms with van der Waals surface area (Å²) in [4.78, 5) is 8.13. The van der Waals surface area contributed by atoms with E-state index < -0.39 is 0 Å². The van der Waals surface area contributed by atoms with E-state index in [1.165, 1.54) is 24.0 Å². The van der Waals surface area contributed by atoms with Gasteiger partial charge in [-0.1, -0.05) is 42.4 Å². The van der Waals surface area contributed by atoms with Gasteiger partial charge in [0.25, 0.3) is 0 Å². The summed E-state index contributed by atoms with van der Waals surface area (Å²) in [5.41, 5.74) is 3.71. The maximum atomic E-state index is 5.69. The molecule has 0 aromatic heterocycles. The lowest BCUT2D eigenvalue weighted by atomic mass is 9.84. The number of hydrogen-bond donors (Lipinski definition) is 0. The minimum Gasteiger partial charge on any atom is -0.396 e. The van der Waals surface area contributed by atoms with Crippen molar-refractivity contribution in [3.63, 3.8) is 0 Å². The van der Waals surface area contributed by atoms with E-state index in [2.05, 4.69) is 53.4 Å². The molecule has 136 valence electrons. The van der Waals surface area contributed by atoms with E-state index in [1.807, 2.05) is 0 Å². The van der Waals surface area contributed by atoms with Crippen LogP contribution in [0.25, 0.3) is 6.08 Å². The molecule has 2 aliphatic rings. The Morgan fingerprint density at radius 2 is 2.04 bits per heavy atom. The lowest BCUT2D eigenvalue weighted by molar-refractivity contribution is 0.0322. The third kappa shape index (κ3) is 5.68. The molecule has 3 rings (SSSR count). The third-order valence-electron chi connectivity index (χ3n) is 5.00. The Bertz CT molecular complexity index is 577. The average Bonchev–Trinajstić information content (AvgIpc) is 2.65. The molecule has 4 heteroatoms. The van der Waals surface area contributed by atoms with Crippen molar-refractivity contribution in [1.29, 1.82) is 0 Å². The smallest absolute Gasteiger partial charge is 0.118 e. The van der Waals surface area contributed by atoms with Crippen molar-refractivity contribution in [3.8, 4) is 0 Å². The predicted molar refractivity (Wildman–Crippen MR) is 103 cm³/mol. The Hall–Kier alpha value is -1.65. The molecular weight excluding hydrogens is 312 g/mol. The van der Waals surface area contributed by atoms with Crippen molar-refractivity contribution < 1.29 is 9.57 Å². The number of ether oxygens (including phenoxy) is 1. The fourth-order valence-corrected chi connectivity index (χ4v) is 3.52. The molecule has 1 saturated carbocycles. The zero-order chi connectivity index (χ0) is 17.3. The molecule has 0 amide bonds. The third-order valence-corrected chi connectivity index (χ3v) is 5.00. The van der Waals surface area contributed by atoms with Crippen LogP contribution in [-0.2, 0) is 9.57 Å². The fourth-order valence-electron chi connectivity index (χ4n) is 3.52. The van der Waals surface area contributed by atoms with E-state index in [0.717, 1.165) is 51.4 Å². The van der Waals surface area contributed by atoms with Crippen molar-refractivity contribution in [2.24, 2.45) is 11.1 Å². The molecule has 0 radical (unpaired) electrons. The highest BCUT2D eigenvalue weighted by atomic mass is 16.6. The highest BCUT2D eigenvalue weighted by Gasteiger charge is 2.21. The average molecular weight is 342 g/mol. The van der Waals surface area contributed by atoms with E-state index in [4.69, 9.17) is 9.57 Å². The highest BCUT2D eigenvalue weighted by molar-refractivity contribution is 6.05. The number of rotatable bonds is 6. The summed E-state index contributed by atoms with van der Waals surface area (Å²) in [5.74, 6) is 0.475. The monoisotopic (exact) mass is 342 g/mol. The summed E-state index contributed by atoms with van der Waals surface area (Å²) >= 11 is 0. The number of oxime groups is 1. The standard InChI is InChI=1S/C21H30N2O2/c1-18-7-5-10-20(17-19-8-3-2-4-9-19)21(18)22-25-14-6-11-23-12-15-24-16-13-23/h2-4,8-9,17-18H,5-7,10-16H2,1H3/t18-/m0/s1. The predicted octanol–water partition coefficient (Wildman–Crippen LogP) is 3.98. The quantitative estimate of drug-likeness (QED) is 0.579. The van der Waals surface area contributed by atoms with Crippen LogP contribution in [0.1, 0.15) is 38.2 Å². The summed E-state index contributed by atoms with van der Waals surface area (Å²) in [6.07, 6.45) is 6.81. The van der Waals surface area contributed by atoms with Crippen LogP contribution < -0.4 is 0 Å². The topological polar surface area (TPSA) is 34.1 Å². The second kappa shape index (κ2) is 9.73. The number of benzene rings is 1. The number of allylic oxidation sites excluding steroid dienone is 1. The van der Waals surface area contributed by atoms with Gasteiger partial charge >= 0.3 is 0 Å². The van der Waals surface area contributed by atoms with E-state index in [-0.39, 0.29) is 0 Å². The Morgan fingerprint density at radius 3 is 2.84 bits per heavy atom. The Morgan fingerprint density at radius 1 is 1.24 bits per heavy atom. The second-order valence-electron chi connectivity index (χ2n) is 6.99. The van der Waals surface area contributed by atoms with E-state index in [1.54, 1.807) is 0 Å². The molecule has 4 nitrogen and oxygen atoms in total. The SMILES string of the molecule is C[C@H]1CCCC(=Cc2ccccc2)C1=NOCCCN1CCOCC1. The minimum absolute atomic E-state index is 0.475. The summed E-state index contributed by atoms with van der Waals surface area (Å²) in [7, 11) is 0. The van der Waals surface area contributed by atoms with Gasteiger partial charge in [-0.3, -0.25) is 4.90 Å². The van der Waals surface area contributed by atoms with Crippen LogP contribution in [0.15, 0.2) is 41.1 Å². The maximum absolute atomic E-state index is 5.69. The first-order valence-electron chi connectivity index (χ1n) is 9.59. The van der Waals surface area contributed by atoms with Gasteiger partial charge in [-0.25, -0.2) is 0 Å². The molecule has 0 N–H and O–H groups in total. The minimum atomic E-state index is 0.475. The molecule has 1 heterocycles. The maximum Gasteiger partial charge on any atom is 0.118 e. The molecule has 1 aromatic carbocycles. The van der Waals surface area contributed by atoms with Crippen LogP contribution in [0.3, 0.4) is 0 Å². The van der Waals surface area contributed by atoms with Crippen LogP contribution in [-0.4, -0.2) is 50.1 Å². The highest BCUT2D eigenvalue weighted by Crippen LogP contribution is 2.28. The van der Waals surface area contributed by atoms with E-state index in [0.29, 0.717) is 12.5 Å². The zero-order valence-corrected chi connectivity index (χ0v) is 15.3. The number of hydrogen-bond acceptors (Lipinski definition) is 4. The van der Waals surface area contributed by atoms with Gasteiger partial charge in [0.15, 0.2) is 0 Å². The molecule has 1 aromatic rings. The lowest BCUT2D eigenvalue weighted by Gasteiger charge is -2.26. The molecule has 0 bridgehead atoms. The van der Waals surface area contributed by atoms with Gasteiger partial charge < -0.3 is 9.57 Å². The molecule has 1 aliphatic carbocycles. The normalized spacial score (nSPS) is 25.4. The summed E-state index contributed by atoms with van der Waals surface area (Å²) < 4.78 is 5.38. The van der Waals surface area contributed by atoms with Crippen molar-refractivity contribution in [2.75, 3.05) is 39.5 Å². The molecule has 0 spiro atoms. The van der Waals surface area contributed by atoms with Gasteiger partial charge in [0.2, 0.25) is 0 Å². The first-order chi connectivity index (χ1) is 12.3. The molecule has 25 heavy (non-hydrogen) atoms.